The third kappa shape index (κ3) is 2.31. The van der Waals surface area contributed by atoms with Crippen LogP contribution in [0.2, 0.25) is 0 Å². The Kier molecular flexibility index (Phi) is 3.66. The maximum absolute atomic E-state index is 13.3. The first kappa shape index (κ1) is 17.6. The predicted molar refractivity (Wildman–Crippen MR) is 111 cm³/mol. The number of anilines is 2. The quantitative estimate of drug-likeness (QED) is 0.602. The maximum atomic E-state index is 13.3. The van der Waals surface area contributed by atoms with Crippen molar-refractivity contribution < 1.29 is 19.5 Å². The molecule has 2 aliphatic heterocycles. The largest absolute Gasteiger partial charge is 0.477 e. The van der Waals surface area contributed by atoms with E-state index >= 15 is 0 Å². The topological polar surface area (TPSA) is 95.5 Å². The fraction of sp³-hybridized carbons (Fsp3) is 0.136. The molecule has 2 aromatic carbocycles. The van der Waals surface area contributed by atoms with Gasteiger partial charge in [-0.1, -0.05) is 48.5 Å². The summed E-state index contributed by atoms with van der Waals surface area (Å²) >= 11 is 1.06. The number of amides is 2. The number of thiophene rings is 1. The molecule has 0 saturated heterocycles. The molecule has 3 aromatic rings. The summed E-state index contributed by atoms with van der Waals surface area (Å²) in [6.07, 6.45) is -0.0594. The summed E-state index contributed by atoms with van der Waals surface area (Å²) < 4.78 is 0. The van der Waals surface area contributed by atoms with Crippen molar-refractivity contribution in [3.8, 4) is 11.1 Å². The highest BCUT2D eigenvalue weighted by Gasteiger charge is 2.55. The molecule has 1 spiro atoms. The summed E-state index contributed by atoms with van der Waals surface area (Å²) in [6, 6.07) is 14.7. The van der Waals surface area contributed by atoms with Crippen molar-refractivity contribution in [2.75, 3.05) is 10.6 Å². The van der Waals surface area contributed by atoms with E-state index in [1.807, 2.05) is 43.3 Å². The molecule has 1 aromatic heterocycles. The van der Waals surface area contributed by atoms with E-state index in [1.165, 1.54) is 0 Å². The molecule has 3 N–H and O–H groups in total. The summed E-state index contributed by atoms with van der Waals surface area (Å²) in [5.74, 6) is -1.69. The zero-order chi connectivity index (χ0) is 20.3. The minimum Gasteiger partial charge on any atom is -0.477 e. The van der Waals surface area contributed by atoms with E-state index in [4.69, 9.17) is 0 Å². The summed E-state index contributed by atoms with van der Waals surface area (Å²) in [5.41, 5.74) is 2.64. The van der Waals surface area contributed by atoms with Crippen molar-refractivity contribution in [2.45, 2.75) is 18.8 Å². The monoisotopic (exact) mass is 404 g/mol. The smallest absolute Gasteiger partial charge is 0.346 e. The van der Waals surface area contributed by atoms with Gasteiger partial charge in [-0.2, -0.15) is 0 Å². The zero-order valence-corrected chi connectivity index (χ0v) is 16.2. The molecule has 2 amide bonds. The number of aryl methyl sites for hydroxylation is 1. The van der Waals surface area contributed by atoms with Crippen molar-refractivity contribution >= 4 is 40.5 Å². The average Bonchev–Trinajstić information content (AvgIpc) is 3.21. The third-order valence-corrected chi connectivity index (χ3v) is 6.94. The minimum atomic E-state index is -1.22. The van der Waals surface area contributed by atoms with Crippen molar-refractivity contribution in [1.82, 2.24) is 0 Å². The third-order valence-electron chi connectivity index (χ3n) is 5.60. The molecular weight excluding hydrogens is 388 g/mol. The van der Waals surface area contributed by atoms with Gasteiger partial charge in [0.2, 0.25) is 11.8 Å². The Labute approximate surface area is 170 Å². The lowest BCUT2D eigenvalue weighted by Gasteiger charge is -2.31. The highest BCUT2D eigenvalue weighted by Crippen LogP contribution is 2.56. The number of rotatable bonds is 2. The van der Waals surface area contributed by atoms with Crippen LogP contribution in [0, 0.1) is 6.92 Å². The van der Waals surface area contributed by atoms with E-state index in [-0.39, 0.29) is 23.1 Å². The molecule has 1 atom stereocenters. The summed E-state index contributed by atoms with van der Waals surface area (Å²) in [7, 11) is 0. The molecule has 0 unspecified atom stereocenters. The van der Waals surface area contributed by atoms with Crippen LogP contribution in [0.3, 0.4) is 0 Å². The number of carbonyl (C=O) groups excluding carboxylic acids is 2. The van der Waals surface area contributed by atoms with Gasteiger partial charge in [0.25, 0.3) is 0 Å². The zero-order valence-electron chi connectivity index (χ0n) is 15.4. The molecule has 0 fully saturated rings. The van der Waals surface area contributed by atoms with Crippen LogP contribution in [-0.2, 0) is 15.0 Å². The van der Waals surface area contributed by atoms with Crippen molar-refractivity contribution in [3.63, 3.8) is 0 Å². The van der Waals surface area contributed by atoms with Gasteiger partial charge in [-0.3, -0.25) is 9.59 Å². The Morgan fingerprint density at radius 3 is 2.52 bits per heavy atom. The molecule has 2 aliphatic rings. The van der Waals surface area contributed by atoms with Crippen LogP contribution >= 0.6 is 11.3 Å². The van der Waals surface area contributed by atoms with Crippen LogP contribution in [0.15, 0.2) is 48.5 Å². The lowest BCUT2D eigenvalue weighted by molar-refractivity contribution is -0.125. The van der Waals surface area contributed by atoms with Crippen LogP contribution < -0.4 is 10.6 Å². The number of hydrogen-bond donors (Lipinski definition) is 3. The van der Waals surface area contributed by atoms with Crippen LogP contribution in [0.5, 0.6) is 0 Å². The first-order valence-corrected chi connectivity index (χ1v) is 9.92. The Bertz CT molecular complexity index is 1220. The van der Waals surface area contributed by atoms with Crippen LogP contribution in [0.4, 0.5) is 11.4 Å². The lowest BCUT2D eigenvalue weighted by atomic mass is 9.74. The van der Waals surface area contributed by atoms with E-state index in [2.05, 4.69) is 10.6 Å². The van der Waals surface area contributed by atoms with Gasteiger partial charge in [-0.15, -0.1) is 11.3 Å². The van der Waals surface area contributed by atoms with Gasteiger partial charge in [0.1, 0.15) is 10.3 Å². The molecule has 0 bridgehead atoms. The van der Waals surface area contributed by atoms with Gasteiger partial charge in [0.05, 0.1) is 17.0 Å². The lowest BCUT2D eigenvalue weighted by Crippen LogP contribution is -2.42. The molecule has 29 heavy (non-hydrogen) atoms. The summed E-state index contributed by atoms with van der Waals surface area (Å²) in [6.45, 7) is 1.90. The number of carboxylic acids is 1. The second-order valence-corrected chi connectivity index (χ2v) is 8.28. The van der Waals surface area contributed by atoms with Crippen molar-refractivity contribution in [2.24, 2.45) is 0 Å². The number of para-hydroxylation sites is 1. The van der Waals surface area contributed by atoms with Crippen molar-refractivity contribution in [1.29, 1.82) is 0 Å². The molecule has 5 rings (SSSR count). The average molecular weight is 404 g/mol. The van der Waals surface area contributed by atoms with Crippen LogP contribution in [0.25, 0.3) is 11.1 Å². The molecular formula is C22H16N2O4S. The fourth-order valence-electron chi connectivity index (χ4n) is 4.32. The highest BCUT2D eigenvalue weighted by molar-refractivity contribution is 7.15. The summed E-state index contributed by atoms with van der Waals surface area (Å²) in [5, 5.41) is 15.6. The second kappa shape index (κ2) is 6.02. The second-order valence-electron chi connectivity index (χ2n) is 7.26. The van der Waals surface area contributed by atoms with E-state index in [0.717, 1.165) is 22.5 Å². The van der Waals surface area contributed by atoms with Gasteiger partial charge < -0.3 is 15.7 Å². The molecule has 6 nitrogen and oxygen atoms in total. The normalized spacial score (nSPS) is 19.5. The minimum absolute atomic E-state index is 0.0594. The number of carbonyl (C=O) groups is 3. The molecule has 0 aliphatic carbocycles. The Morgan fingerprint density at radius 1 is 1.03 bits per heavy atom. The van der Waals surface area contributed by atoms with E-state index in [1.54, 1.807) is 12.1 Å². The van der Waals surface area contributed by atoms with E-state index in [9.17, 15) is 19.5 Å². The molecule has 144 valence electrons. The number of fused-ring (bicyclic) bond motifs is 4. The highest BCUT2D eigenvalue weighted by atomic mass is 32.1. The molecule has 7 heteroatoms. The predicted octanol–water partition coefficient (Wildman–Crippen LogP) is 4.00. The number of benzene rings is 2. The van der Waals surface area contributed by atoms with Gasteiger partial charge in [0.15, 0.2) is 0 Å². The number of aromatic carboxylic acids is 1. The standard InChI is InChI=1S/C22H16N2O4S/c1-11-6-5-9-13-16(11)24-21(28)22(13)10-14(25)23-17-15(12-7-3-2-4-8-12)18(20(26)27)29-19(17)22/h2-9H,10H2,1H3,(H,23,25)(H,24,28)(H,26,27)/t22-/m1/s1. The van der Waals surface area contributed by atoms with Gasteiger partial charge >= 0.3 is 5.97 Å². The van der Waals surface area contributed by atoms with E-state index < -0.39 is 11.4 Å². The Morgan fingerprint density at radius 2 is 1.79 bits per heavy atom. The van der Waals surface area contributed by atoms with Crippen molar-refractivity contribution in [3.05, 3.63) is 69.4 Å². The van der Waals surface area contributed by atoms with Gasteiger partial charge in [-0.05, 0) is 23.6 Å². The van der Waals surface area contributed by atoms with Gasteiger partial charge in [0, 0.05) is 11.3 Å². The van der Waals surface area contributed by atoms with Crippen LogP contribution in [-0.4, -0.2) is 22.9 Å². The van der Waals surface area contributed by atoms with Crippen LogP contribution in [0.1, 0.15) is 32.1 Å². The fourth-order valence-corrected chi connectivity index (χ4v) is 5.64. The number of carboxylic acid groups (broad SMARTS) is 1. The summed E-state index contributed by atoms with van der Waals surface area (Å²) in [4.78, 5) is 38.8. The molecule has 0 radical (unpaired) electrons. The maximum Gasteiger partial charge on any atom is 0.346 e. The van der Waals surface area contributed by atoms with E-state index in [0.29, 0.717) is 27.4 Å². The number of hydrogen-bond acceptors (Lipinski definition) is 4. The SMILES string of the molecule is Cc1cccc2c1NC(=O)[C@]21CC(=O)Nc2c1sc(C(=O)O)c2-c1ccccc1. The molecule has 3 heterocycles. The number of nitrogens with one attached hydrogen (secondary N) is 2. The van der Waals surface area contributed by atoms with Gasteiger partial charge in [-0.25, -0.2) is 4.79 Å². The Balaban J connectivity index is 1.87. The Hall–Kier alpha value is -3.45. The molecule has 0 saturated carbocycles. The first-order chi connectivity index (χ1) is 13.9. The first-order valence-electron chi connectivity index (χ1n) is 9.11.